The molecule has 1 aromatic carbocycles. The Morgan fingerprint density at radius 1 is 1.12 bits per heavy atom. The van der Waals surface area contributed by atoms with Gasteiger partial charge in [0.05, 0.1) is 25.2 Å². The van der Waals surface area contributed by atoms with Gasteiger partial charge in [-0.3, -0.25) is 4.72 Å². The zero-order chi connectivity index (χ0) is 17.2. The third-order valence-electron chi connectivity index (χ3n) is 3.00. The van der Waals surface area contributed by atoms with Gasteiger partial charge in [0.15, 0.2) is 0 Å². The molecule has 0 amide bonds. The van der Waals surface area contributed by atoms with E-state index in [9.17, 15) is 13.2 Å². The van der Waals surface area contributed by atoms with Crippen LogP contribution in [0.2, 0.25) is 0 Å². The Balaban J connectivity index is 1.79. The monoisotopic (exact) mass is 348 g/mol. The first kappa shape index (κ1) is 15.7. The van der Waals surface area contributed by atoms with Crippen molar-refractivity contribution in [3.8, 4) is 5.69 Å². The zero-order valence-corrected chi connectivity index (χ0v) is 13.2. The van der Waals surface area contributed by atoms with Crippen molar-refractivity contribution < 1.29 is 22.4 Å². The standard InChI is InChI=1S/C14H12N4O5S/c1-22-14(19)12-6-7-13(23-12)24(20,21)17-10-2-4-11(5-3-10)18-15-8-9-16-18/h2-9,17H,1H3. The van der Waals surface area contributed by atoms with E-state index in [-0.39, 0.29) is 10.9 Å². The number of nitrogens with one attached hydrogen (secondary N) is 1. The molecule has 0 unspecified atom stereocenters. The highest BCUT2D eigenvalue weighted by atomic mass is 32.2. The number of hydrogen-bond acceptors (Lipinski definition) is 7. The molecule has 0 bridgehead atoms. The van der Waals surface area contributed by atoms with E-state index in [4.69, 9.17) is 4.42 Å². The molecule has 0 radical (unpaired) electrons. The molecule has 0 fully saturated rings. The maximum absolute atomic E-state index is 12.3. The van der Waals surface area contributed by atoms with Crippen molar-refractivity contribution >= 4 is 21.7 Å². The number of sulfonamides is 1. The van der Waals surface area contributed by atoms with Gasteiger partial charge in [-0.25, -0.2) is 4.79 Å². The SMILES string of the molecule is COC(=O)c1ccc(S(=O)(=O)Nc2ccc(-n3nccn3)cc2)o1. The van der Waals surface area contributed by atoms with E-state index < -0.39 is 16.0 Å². The molecule has 2 heterocycles. The molecule has 1 N–H and O–H groups in total. The Hall–Kier alpha value is -3.14. The van der Waals surface area contributed by atoms with Crippen LogP contribution in [0.25, 0.3) is 5.69 Å². The summed E-state index contributed by atoms with van der Waals surface area (Å²) < 4.78 is 36.3. The van der Waals surface area contributed by atoms with E-state index in [1.54, 1.807) is 24.3 Å². The second kappa shape index (κ2) is 6.16. The topological polar surface area (TPSA) is 116 Å². The maximum Gasteiger partial charge on any atom is 0.374 e. The molecular formula is C14H12N4O5S. The van der Waals surface area contributed by atoms with Gasteiger partial charge >= 0.3 is 5.97 Å². The fourth-order valence-corrected chi connectivity index (χ4v) is 2.89. The number of furan rings is 1. The first-order valence-corrected chi connectivity index (χ1v) is 8.15. The molecule has 0 atom stereocenters. The van der Waals surface area contributed by atoms with Gasteiger partial charge in [0, 0.05) is 5.69 Å². The summed E-state index contributed by atoms with van der Waals surface area (Å²) in [5.74, 6) is -0.953. The van der Waals surface area contributed by atoms with Gasteiger partial charge in [0.25, 0.3) is 10.0 Å². The van der Waals surface area contributed by atoms with Crippen molar-refractivity contribution in [3.05, 3.63) is 54.6 Å². The fraction of sp³-hybridized carbons (Fsp3) is 0.0714. The molecular weight excluding hydrogens is 336 g/mol. The van der Waals surface area contributed by atoms with Crippen molar-refractivity contribution in [1.82, 2.24) is 15.0 Å². The number of benzene rings is 1. The van der Waals surface area contributed by atoms with Gasteiger partial charge in [-0.1, -0.05) is 0 Å². The van der Waals surface area contributed by atoms with Crippen molar-refractivity contribution in [1.29, 1.82) is 0 Å². The van der Waals surface area contributed by atoms with Crippen LogP contribution in [0.5, 0.6) is 0 Å². The lowest BCUT2D eigenvalue weighted by molar-refractivity contribution is 0.0559. The Morgan fingerprint density at radius 2 is 1.79 bits per heavy atom. The summed E-state index contributed by atoms with van der Waals surface area (Å²) in [5.41, 5.74) is 0.996. The average molecular weight is 348 g/mol. The van der Waals surface area contributed by atoms with Gasteiger partial charge in [0.1, 0.15) is 0 Å². The molecule has 0 aliphatic carbocycles. The summed E-state index contributed by atoms with van der Waals surface area (Å²) in [4.78, 5) is 12.7. The number of ether oxygens (including phenoxy) is 1. The Labute approximate surface area is 136 Å². The van der Waals surface area contributed by atoms with E-state index in [2.05, 4.69) is 19.7 Å². The highest BCUT2D eigenvalue weighted by molar-refractivity contribution is 7.92. The third kappa shape index (κ3) is 3.13. The van der Waals surface area contributed by atoms with Crippen molar-refractivity contribution in [2.24, 2.45) is 0 Å². The molecule has 0 aliphatic heterocycles. The molecule has 2 aromatic heterocycles. The summed E-state index contributed by atoms with van der Waals surface area (Å²) >= 11 is 0. The Bertz CT molecular complexity index is 945. The van der Waals surface area contributed by atoms with Crippen LogP contribution in [0.15, 0.2) is 58.3 Å². The van der Waals surface area contributed by atoms with Crippen LogP contribution in [0, 0.1) is 0 Å². The number of nitrogens with zero attached hydrogens (tertiary/aromatic N) is 3. The second-order valence-corrected chi connectivity index (χ2v) is 6.19. The zero-order valence-electron chi connectivity index (χ0n) is 12.4. The molecule has 0 aliphatic rings. The van der Waals surface area contributed by atoms with Gasteiger partial charge in [-0.05, 0) is 36.4 Å². The van der Waals surface area contributed by atoms with E-state index in [1.807, 2.05) is 0 Å². The molecule has 10 heteroatoms. The van der Waals surface area contributed by atoms with E-state index in [0.717, 1.165) is 0 Å². The van der Waals surface area contributed by atoms with E-state index >= 15 is 0 Å². The van der Waals surface area contributed by atoms with E-state index in [0.29, 0.717) is 11.4 Å². The lowest BCUT2D eigenvalue weighted by Crippen LogP contribution is -2.12. The van der Waals surface area contributed by atoms with Crippen LogP contribution < -0.4 is 4.72 Å². The highest BCUT2D eigenvalue weighted by Crippen LogP contribution is 2.20. The smallest absolute Gasteiger partial charge is 0.374 e. The molecule has 3 rings (SSSR count). The van der Waals surface area contributed by atoms with Gasteiger partial charge in [0.2, 0.25) is 10.9 Å². The second-order valence-electron chi connectivity index (χ2n) is 4.58. The van der Waals surface area contributed by atoms with E-state index in [1.165, 1.54) is 36.4 Å². The summed E-state index contributed by atoms with van der Waals surface area (Å²) in [6.07, 6.45) is 3.07. The number of hydrogen-bond donors (Lipinski definition) is 1. The largest absolute Gasteiger partial charge is 0.463 e. The molecule has 9 nitrogen and oxygen atoms in total. The summed E-state index contributed by atoms with van der Waals surface area (Å²) in [6.45, 7) is 0. The van der Waals surface area contributed by atoms with Crippen LogP contribution >= 0.6 is 0 Å². The van der Waals surface area contributed by atoms with Gasteiger partial charge in [-0.15, -0.1) is 0 Å². The highest BCUT2D eigenvalue weighted by Gasteiger charge is 2.21. The first-order valence-electron chi connectivity index (χ1n) is 6.67. The number of anilines is 1. The number of esters is 1. The maximum atomic E-state index is 12.3. The minimum atomic E-state index is -3.96. The summed E-state index contributed by atoms with van der Waals surface area (Å²) in [7, 11) is -2.79. The molecule has 124 valence electrons. The lowest BCUT2D eigenvalue weighted by Gasteiger charge is -2.06. The molecule has 0 spiro atoms. The molecule has 24 heavy (non-hydrogen) atoms. The lowest BCUT2D eigenvalue weighted by atomic mass is 10.3. The molecule has 0 saturated carbocycles. The van der Waals surface area contributed by atoms with Crippen LogP contribution in [0.1, 0.15) is 10.6 Å². The Morgan fingerprint density at radius 3 is 2.42 bits per heavy atom. The Kier molecular flexibility index (Phi) is 4.04. The molecule has 3 aromatic rings. The van der Waals surface area contributed by atoms with Crippen LogP contribution in [-0.4, -0.2) is 36.5 Å². The quantitative estimate of drug-likeness (QED) is 0.694. The van der Waals surface area contributed by atoms with Crippen molar-refractivity contribution in [3.63, 3.8) is 0 Å². The van der Waals surface area contributed by atoms with Crippen molar-refractivity contribution in [2.75, 3.05) is 11.8 Å². The van der Waals surface area contributed by atoms with Crippen LogP contribution in [-0.2, 0) is 14.8 Å². The van der Waals surface area contributed by atoms with Gasteiger partial charge in [-0.2, -0.15) is 23.4 Å². The number of aromatic nitrogens is 3. The average Bonchev–Trinajstić information content (AvgIpc) is 3.26. The summed E-state index contributed by atoms with van der Waals surface area (Å²) in [5, 5.41) is 7.56. The first-order chi connectivity index (χ1) is 11.5. The normalized spacial score (nSPS) is 11.2. The van der Waals surface area contributed by atoms with Gasteiger partial charge < -0.3 is 9.15 Å². The van der Waals surface area contributed by atoms with Crippen LogP contribution in [0.4, 0.5) is 5.69 Å². The minimum absolute atomic E-state index is 0.196. The number of carbonyl (C=O) groups is 1. The van der Waals surface area contributed by atoms with Crippen LogP contribution in [0.3, 0.4) is 0 Å². The van der Waals surface area contributed by atoms with Crippen molar-refractivity contribution in [2.45, 2.75) is 5.09 Å². The third-order valence-corrected chi connectivity index (χ3v) is 4.26. The number of methoxy groups -OCH3 is 1. The minimum Gasteiger partial charge on any atom is -0.463 e. The summed E-state index contributed by atoms with van der Waals surface area (Å²) in [6, 6.07) is 8.82. The number of rotatable bonds is 5. The fourth-order valence-electron chi connectivity index (χ4n) is 1.89. The molecule has 0 saturated heterocycles. The predicted octanol–water partition coefficient (Wildman–Crippen LogP) is 1.45. The number of carbonyl (C=O) groups excluding carboxylic acids is 1. The predicted molar refractivity (Wildman–Crippen MR) is 82.2 cm³/mol.